The third-order valence-electron chi connectivity index (χ3n) is 5.56. The predicted molar refractivity (Wildman–Crippen MR) is 103 cm³/mol. The van der Waals surface area contributed by atoms with Crippen molar-refractivity contribution in [3.63, 3.8) is 0 Å². The van der Waals surface area contributed by atoms with E-state index in [0.717, 1.165) is 63.1 Å². The number of carbonyl (C=O) groups excluding carboxylic acids is 1. The fourth-order valence-corrected chi connectivity index (χ4v) is 4.08. The second-order valence-corrected chi connectivity index (χ2v) is 7.47. The molecule has 2 unspecified atom stereocenters. The van der Waals surface area contributed by atoms with Crippen LogP contribution in [0.5, 0.6) is 5.75 Å². The van der Waals surface area contributed by atoms with Gasteiger partial charge in [-0.25, -0.2) is 4.79 Å². The first kappa shape index (κ1) is 18.8. The molecule has 2 atom stereocenters. The summed E-state index contributed by atoms with van der Waals surface area (Å²) in [6.45, 7) is 2.46. The fourth-order valence-electron chi connectivity index (χ4n) is 4.08. The Bertz CT molecular complexity index is 587. The Morgan fingerprint density at radius 2 is 2.00 bits per heavy atom. The minimum atomic E-state index is -0.196. The number of aliphatic hydroxyl groups is 1. The zero-order valence-electron chi connectivity index (χ0n) is 15.6. The molecular formula is C20H31N3O3. The number of methoxy groups -OCH3 is 1. The summed E-state index contributed by atoms with van der Waals surface area (Å²) in [5.74, 6) is 1.29. The van der Waals surface area contributed by atoms with Gasteiger partial charge in [-0.15, -0.1) is 0 Å². The first-order valence-corrected chi connectivity index (χ1v) is 9.76. The second kappa shape index (κ2) is 9.12. The summed E-state index contributed by atoms with van der Waals surface area (Å²) in [6.07, 6.45) is 5.50. The number of carbonyl (C=O) groups is 1. The third kappa shape index (κ3) is 5.04. The number of aliphatic hydroxyl groups excluding tert-OH is 1. The van der Waals surface area contributed by atoms with Gasteiger partial charge in [0.15, 0.2) is 0 Å². The van der Waals surface area contributed by atoms with Crippen LogP contribution in [0.3, 0.4) is 0 Å². The minimum Gasteiger partial charge on any atom is -0.495 e. The van der Waals surface area contributed by atoms with Crippen LogP contribution in [0.1, 0.15) is 38.5 Å². The molecule has 0 aromatic heterocycles. The Balaban J connectivity index is 1.40. The van der Waals surface area contributed by atoms with Gasteiger partial charge in [-0.05, 0) is 50.2 Å². The Hall–Kier alpha value is -1.95. The number of benzene rings is 1. The van der Waals surface area contributed by atoms with Gasteiger partial charge in [0.2, 0.25) is 0 Å². The topological polar surface area (TPSA) is 73.8 Å². The number of ether oxygens (including phenoxy) is 1. The van der Waals surface area contributed by atoms with Crippen molar-refractivity contribution in [3.8, 4) is 5.75 Å². The van der Waals surface area contributed by atoms with Crippen LogP contribution < -0.4 is 20.3 Å². The zero-order valence-corrected chi connectivity index (χ0v) is 15.6. The monoisotopic (exact) mass is 361 g/mol. The highest BCUT2D eigenvalue weighted by atomic mass is 16.5. The lowest BCUT2D eigenvalue weighted by Crippen LogP contribution is -2.49. The maximum Gasteiger partial charge on any atom is 0.315 e. The molecule has 3 N–H and O–H groups in total. The molecule has 1 saturated carbocycles. The van der Waals surface area contributed by atoms with E-state index in [-0.39, 0.29) is 18.2 Å². The van der Waals surface area contributed by atoms with Gasteiger partial charge >= 0.3 is 6.03 Å². The molecule has 6 nitrogen and oxygen atoms in total. The van der Waals surface area contributed by atoms with Crippen LogP contribution in [0.2, 0.25) is 0 Å². The van der Waals surface area contributed by atoms with Crippen molar-refractivity contribution in [1.82, 2.24) is 10.6 Å². The van der Waals surface area contributed by atoms with Crippen LogP contribution in [-0.4, -0.2) is 50.0 Å². The van der Waals surface area contributed by atoms with Crippen LogP contribution in [0.4, 0.5) is 10.5 Å². The van der Waals surface area contributed by atoms with E-state index in [1.165, 1.54) is 0 Å². The molecular weight excluding hydrogens is 330 g/mol. The van der Waals surface area contributed by atoms with Crippen molar-refractivity contribution in [2.24, 2.45) is 5.92 Å². The van der Waals surface area contributed by atoms with Gasteiger partial charge in [0.25, 0.3) is 0 Å². The zero-order chi connectivity index (χ0) is 18.4. The third-order valence-corrected chi connectivity index (χ3v) is 5.56. The van der Waals surface area contributed by atoms with Gasteiger partial charge < -0.3 is 25.4 Å². The standard InChI is InChI=1S/C20H31N3O3/c1-26-19-8-3-2-7-18(19)23-11-9-16(10-12-23)22-20(25)21-14-15-5-4-6-17(24)13-15/h2-3,7-8,15-17,24H,4-6,9-14H2,1H3,(H2,21,22,25). The number of urea groups is 1. The lowest BCUT2D eigenvalue weighted by atomic mass is 9.87. The molecule has 0 spiro atoms. The number of hydrogen-bond acceptors (Lipinski definition) is 4. The molecule has 2 fully saturated rings. The summed E-state index contributed by atoms with van der Waals surface area (Å²) in [4.78, 5) is 14.5. The summed E-state index contributed by atoms with van der Waals surface area (Å²) in [7, 11) is 1.70. The largest absolute Gasteiger partial charge is 0.495 e. The van der Waals surface area contributed by atoms with Crippen LogP contribution >= 0.6 is 0 Å². The number of rotatable bonds is 5. The summed E-state index contributed by atoms with van der Waals surface area (Å²) in [6, 6.07) is 8.19. The van der Waals surface area contributed by atoms with E-state index in [4.69, 9.17) is 4.74 Å². The number of nitrogens with zero attached hydrogens (tertiary/aromatic N) is 1. The highest BCUT2D eigenvalue weighted by Gasteiger charge is 2.24. The Labute approximate surface area is 155 Å². The molecule has 1 aliphatic carbocycles. The number of piperidine rings is 1. The molecule has 1 aromatic rings. The van der Waals surface area contributed by atoms with Crippen LogP contribution in [0.25, 0.3) is 0 Å². The first-order chi connectivity index (χ1) is 12.7. The van der Waals surface area contributed by atoms with E-state index in [2.05, 4.69) is 21.6 Å². The molecule has 144 valence electrons. The molecule has 1 heterocycles. The van der Waals surface area contributed by atoms with Gasteiger partial charge in [0.05, 0.1) is 18.9 Å². The molecule has 0 radical (unpaired) electrons. The van der Waals surface area contributed by atoms with Crippen LogP contribution in [0, 0.1) is 5.92 Å². The Morgan fingerprint density at radius 3 is 2.73 bits per heavy atom. The second-order valence-electron chi connectivity index (χ2n) is 7.47. The van der Waals surface area contributed by atoms with Crippen molar-refractivity contribution in [2.45, 2.75) is 50.7 Å². The summed E-state index contributed by atoms with van der Waals surface area (Å²) < 4.78 is 5.45. The predicted octanol–water partition coefficient (Wildman–Crippen LogP) is 2.51. The van der Waals surface area contributed by atoms with E-state index in [0.29, 0.717) is 12.5 Å². The SMILES string of the molecule is COc1ccccc1N1CCC(NC(=O)NCC2CCCC(O)C2)CC1. The number of hydrogen-bond donors (Lipinski definition) is 3. The minimum absolute atomic E-state index is 0.0826. The first-order valence-electron chi connectivity index (χ1n) is 9.76. The quantitative estimate of drug-likeness (QED) is 0.753. The van der Waals surface area contributed by atoms with Crippen molar-refractivity contribution in [2.75, 3.05) is 31.6 Å². The van der Waals surface area contributed by atoms with Crippen molar-refractivity contribution in [1.29, 1.82) is 0 Å². The van der Waals surface area contributed by atoms with E-state index >= 15 is 0 Å². The lowest BCUT2D eigenvalue weighted by molar-refractivity contribution is 0.101. The number of amides is 2. The van der Waals surface area contributed by atoms with E-state index in [1.807, 2.05) is 18.2 Å². The lowest BCUT2D eigenvalue weighted by Gasteiger charge is -2.34. The average Bonchev–Trinajstić information content (AvgIpc) is 2.67. The number of para-hydroxylation sites is 2. The fraction of sp³-hybridized carbons (Fsp3) is 0.650. The summed E-state index contributed by atoms with van der Waals surface area (Å²) >= 11 is 0. The van der Waals surface area contributed by atoms with Crippen molar-refractivity contribution >= 4 is 11.7 Å². The smallest absolute Gasteiger partial charge is 0.315 e. The van der Waals surface area contributed by atoms with Crippen LogP contribution in [-0.2, 0) is 0 Å². The molecule has 1 saturated heterocycles. The van der Waals surface area contributed by atoms with Gasteiger partial charge in [0, 0.05) is 25.7 Å². The maximum absolute atomic E-state index is 12.2. The highest BCUT2D eigenvalue weighted by molar-refractivity contribution is 5.74. The summed E-state index contributed by atoms with van der Waals surface area (Å²) in [5.41, 5.74) is 1.12. The van der Waals surface area contributed by atoms with E-state index < -0.39 is 0 Å². The molecule has 0 bridgehead atoms. The van der Waals surface area contributed by atoms with Crippen molar-refractivity contribution in [3.05, 3.63) is 24.3 Å². The average molecular weight is 361 g/mol. The number of anilines is 1. The van der Waals surface area contributed by atoms with Gasteiger partial charge in [-0.3, -0.25) is 0 Å². The maximum atomic E-state index is 12.2. The molecule has 26 heavy (non-hydrogen) atoms. The van der Waals surface area contributed by atoms with Gasteiger partial charge in [-0.1, -0.05) is 18.6 Å². The molecule has 1 aromatic carbocycles. The number of nitrogens with one attached hydrogen (secondary N) is 2. The van der Waals surface area contributed by atoms with E-state index in [1.54, 1.807) is 7.11 Å². The Morgan fingerprint density at radius 1 is 1.23 bits per heavy atom. The van der Waals surface area contributed by atoms with Crippen LogP contribution in [0.15, 0.2) is 24.3 Å². The van der Waals surface area contributed by atoms with Gasteiger partial charge in [-0.2, -0.15) is 0 Å². The van der Waals surface area contributed by atoms with Crippen molar-refractivity contribution < 1.29 is 14.6 Å². The molecule has 2 aliphatic rings. The van der Waals surface area contributed by atoms with E-state index in [9.17, 15) is 9.90 Å². The van der Waals surface area contributed by atoms with Gasteiger partial charge in [0.1, 0.15) is 5.75 Å². The highest BCUT2D eigenvalue weighted by Crippen LogP contribution is 2.29. The Kier molecular flexibility index (Phi) is 6.61. The normalized spacial score (nSPS) is 24.2. The molecule has 1 aliphatic heterocycles. The molecule has 6 heteroatoms. The summed E-state index contributed by atoms with van der Waals surface area (Å²) in [5, 5.41) is 15.8. The molecule has 2 amide bonds. The molecule has 3 rings (SSSR count).